The van der Waals surface area contributed by atoms with Crippen LogP contribution in [0.2, 0.25) is 0 Å². The van der Waals surface area contributed by atoms with Crippen LogP contribution in [0.1, 0.15) is 106 Å². The fraction of sp³-hybridized carbons (Fsp3) is 0.705. The van der Waals surface area contributed by atoms with E-state index in [2.05, 4.69) is 37.2 Å². The van der Waals surface area contributed by atoms with Gasteiger partial charge in [0, 0.05) is 13.0 Å². The fourth-order valence-corrected chi connectivity index (χ4v) is 7.85. The highest BCUT2D eigenvalue weighted by Crippen LogP contribution is 2.21. The molecular formula is C44H72N10O17S. The van der Waals surface area contributed by atoms with Gasteiger partial charge in [-0.05, 0) is 61.9 Å². The van der Waals surface area contributed by atoms with Crippen LogP contribution in [-0.2, 0) is 62.3 Å². The molecule has 0 unspecified atom stereocenters. The maximum absolute atomic E-state index is 13.9. The monoisotopic (exact) mass is 1040 g/mol. The van der Waals surface area contributed by atoms with Crippen LogP contribution in [0, 0.1) is 17.8 Å². The number of hydrogen-bond acceptors (Lipinski definition) is 15. The molecule has 406 valence electrons. The van der Waals surface area contributed by atoms with Crippen LogP contribution in [0.5, 0.6) is 0 Å². The van der Waals surface area contributed by atoms with Gasteiger partial charge >= 0.3 is 23.9 Å². The molecule has 1 aliphatic heterocycles. The SMILES string of the molecule is CC[C@H](C)[C@H](NC(=O)[C@H](CC(N)=O)NC(=O)[C@H](CC(C)C)NC(=O)[C@H](CC(=O)O)NC(=O)[C@@H](NC(=O)[C@@H]1CCCN1C(=O)[C@H](CC(=O)O)NC(=O)[C@@H](N)CCSC)C(C)C)C(=O)N[C@@H](CCC(=O)O)C(=O)O. The highest BCUT2D eigenvalue weighted by atomic mass is 32.2. The van der Waals surface area contributed by atoms with Crippen LogP contribution >= 0.6 is 11.8 Å². The van der Waals surface area contributed by atoms with Crippen molar-refractivity contribution in [3.8, 4) is 0 Å². The lowest BCUT2D eigenvalue weighted by atomic mass is 9.96. The van der Waals surface area contributed by atoms with E-state index < -0.39 is 175 Å². The summed E-state index contributed by atoms with van der Waals surface area (Å²) >= 11 is 1.42. The lowest BCUT2D eigenvalue weighted by Gasteiger charge is -2.31. The molecule has 1 fully saturated rings. The number of rotatable bonds is 33. The number of nitrogens with zero attached hydrogens (tertiary/aromatic N) is 1. The summed E-state index contributed by atoms with van der Waals surface area (Å²) in [7, 11) is 0. The van der Waals surface area contributed by atoms with Gasteiger partial charge in [0.2, 0.25) is 53.2 Å². The number of likely N-dealkylation sites (tertiary alicyclic amines) is 1. The maximum atomic E-state index is 13.9. The van der Waals surface area contributed by atoms with E-state index in [1.807, 2.05) is 0 Å². The molecule has 0 radical (unpaired) electrons. The molecule has 0 aromatic heterocycles. The summed E-state index contributed by atoms with van der Waals surface area (Å²) in [5.41, 5.74) is 11.3. The molecule has 10 atom stereocenters. The predicted molar refractivity (Wildman–Crippen MR) is 256 cm³/mol. The van der Waals surface area contributed by atoms with Crippen molar-refractivity contribution >= 4 is 88.8 Å². The zero-order chi connectivity index (χ0) is 55.2. The normalized spacial score (nSPS) is 17.0. The minimum absolute atomic E-state index is 0.0117. The Bertz CT molecular complexity index is 1990. The molecule has 1 rings (SSSR count). The van der Waals surface area contributed by atoms with Crippen LogP contribution in [-0.4, -0.2) is 175 Å². The first-order chi connectivity index (χ1) is 33.5. The second-order valence-corrected chi connectivity index (χ2v) is 19.2. The first kappa shape index (κ1) is 63.4. The van der Waals surface area contributed by atoms with Crippen molar-refractivity contribution in [3.05, 3.63) is 0 Å². The average molecular weight is 1050 g/mol. The van der Waals surface area contributed by atoms with E-state index >= 15 is 0 Å². The van der Waals surface area contributed by atoms with Gasteiger partial charge in [0.25, 0.3) is 0 Å². The summed E-state index contributed by atoms with van der Waals surface area (Å²) in [6.45, 7) is 9.48. The van der Waals surface area contributed by atoms with E-state index in [9.17, 15) is 77.6 Å². The number of carboxylic acids is 4. The van der Waals surface area contributed by atoms with E-state index in [-0.39, 0.29) is 44.6 Å². The molecule has 0 saturated carbocycles. The lowest BCUT2D eigenvalue weighted by molar-refractivity contribution is -0.146. The average Bonchev–Trinajstić information content (AvgIpc) is 3.78. The van der Waals surface area contributed by atoms with Crippen molar-refractivity contribution in [1.29, 1.82) is 0 Å². The first-order valence-electron chi connectivity index (χ1n) is 23.4. The Morgan fingerprint density at radius 3 is 1.62 bits per heavy atom. The van der Waals surface area contributed by atoms with Gasteiger partial charge in [-0.2, -0.15) is 11.8 Å². The smallest absolute Gasteiger partial charge is 0.326 e. The number of hydrogen-bond donors (Lipinski definition) is 13. The Hall–Kier alpha value is -6.58. The lowest BCUT2D eigenvalue weighted by Crippen LogP contribution is -2.61. The molecule has 0 aromatic carbocycles. The minimum Gasteiger partial charge on any atom is -0.481 e. The van der Waals surface area contributed by atoms with Crippen molar-refractivity contribution in [2.24, 2.45) is 29.2 Å². The van der Waals surface area contributed by atoms with Gasteiger partial charge in [-0.3, -0.25) is 57.5 Å². The molecular weight excluding hydrogens is 973 g/mol. The quantitative estimate of drug-likeness (QED) is 0.0311. The Kier molecular flexibility index (Phi) is 27.3. The number of carboxylic acid groups (broad SMARTS) is 4. The topological polar surface area (TPSA) is 442 Å². The number of primary amides is 1. The summed E-state index contributed by atoms with van der Waals surface area (Å²) in [5, 5.41) is 54.3. The second-order valence-electron chi connectivity index (χ2n) is 18.3. The highest BCUT2D eigenvalue weighted by Gasteiger charge is 2.41. The van der Waals surface area contributed by atoms with Gasteiger partial charge < -0.3 is 74.0 Å². The van der Waals surface area contributed by atoms with Crippen LogP contribution in [0.25, 0.3) is 0 Å². The maximum Gasteiger partial charge on any atom is 0.326 e. The fourth-order valence-electron chi connectivity index (χ4n) is 7.36. The largest absolute Gasteiger partial charge is 0.481 e. The molecule has 9 amide bonds. The van der Waals surface area contributed by atoms with E-state index in [0.29, 0.717) is 5.75 Å². The van der Waals surface area contributed by atoms with E-state index in [1.165, 1.54) is 32.5 Å². The van der Waals surface area contributed by atoms with E-state index in [1.54, 1.807) is 27.0 Å². The number of carbonyl (C=O) groups is 13. The third-order valence-corrected chi connectivity index (χ3v) is 12.1. The molecule has 27 nitrogen and oxygen atoms in total. The minimum atomic E-state index is -1.90. The van der Waals surface area contributed by atoms with Crippen molar-refractivity contribution in [1.82, 2.24) is 42.1 Å². The summed E-state index contributed by atoms with van der Waals surface area (Å²) < 4.78 is 0. The third-order valence-electron chi connectivity index (χ3n) is 11.5. The Labute approximate surface area is 420 Å². The van der Waals surface area contributed by atoms with Gasteiger partial charge in [0.05, 0.1) is 25.3 Å². The van der Waals surface area contributed by atoms with Gasteiger partial charge in [-0.15, -0.1) is 0 Å². The Morgan fingerprint density at radius 2 is 1.11 bits per heavy atom. The van der Waals surface area contributed by atoms with Gasteiger partial charge in [0.15, 0.2) is 0 Å². The first-order valence-corrected chi connectivity index (χ1v) is 24.8. The molecule has 0 spiro atoms. The molecule has 0 bridgehead atoms. The zero-order valence-electron chi connectivity index (χ0n) is 41.5. The molecule has 15 N–H and O–H groups in total. The molecule has 72 heavy (non-hydrogen) atoms. The summed E-state index contributed by atoms with van der Waals surface area (Å²) in [4.78, 5) is 169. The Balaban J connectivity index is 3.38. The van der Waals surface area contributed by atoms with Crippen molar-refractivity contribution < 1.29 is 82.8 Å². The van der Waals surface area contributed by atoms with Crippen molar-refractivity contribution in [3.63, 3.8) is 0 Å². The summed E-state index contributed by atoms with van der Waals surface area (Å²) in [5.74, 6) is -16.2. The number of aliphatic carboxylic acids is 4. The van der Waals surface area contributed by atoms with Gasteiger partial charge in [-0.1, -0.05) is 48.0 Å². The molecule has 1 heterocycles. The Morgan fingerprint density at radius 1 is 0.611 bits per heavy atom. The van der Waals surface area contributed by atoms with Crippen LogP contribution < -0.4 is 48.7 Å². The molecule has 1 aliphatic rings. The van der Waals surface area contributed by atoms with Gasteiger partial charge in [0.1, 0.15) is 48.3 Å². The van der Waals surface area contributed by atoms with E-state index in [0.717, 1.165) is 4.90 Å². The third kappa shape index (κ3) is 21.8. The van der Waals surface area contributed by atoms with Crippen LogP contribution in [0.3, 0.4) is 0 Å². The zero-order valence-corrected chi connectivity index (χ0v) is 42.3. The molecule has 1 saturated heterocycles. The number of thioether (sulfide) groups is 1. The number of nitrogens with one attached hydrogen (secondary N) is 7. The van der Waals surface area contributed by atoms with Crippen molar-refractivity contribution in [2.75, 3.05) is 18.6 Å². The molecule has 0 aliphatic carbocycles. The highest BCUT2D eigenvalue weighted by molar-refractivity contribution is 7.98. The van der Waals surface area contributed by atoms with Crippen LogP contribution in [0.4, 0.5) is 0 Å². The second kappa shape index (κ2) is 31.0. The van der Waals surface area contributed by atoms with Gasteiger partial charge in [-0.25, -0.2) is 4.79 Å². The predicted octanol–water partition coefficient (Wildman–Crippen LogP) is -3.03. The summed E-state index contributed by atoms with van der Waals surface area (Å²) in [6, 6.07) is -13.7. The van der Waals surface area contributed by atoms with Crippen LogP contribution in [0.15, 0.2) is 0 Å². The summed E-state index contributed by atoms with van der Waals surface area (Å²) in [6.07, 6.45) is -1.34. The molecule has 0 aromatic rings. The van der Waals surface area contributed by atoms with E-state index in [4.69, 9.17) is 16.6 Å². The number of carbonyl (C=O) groups excluding carboxylic acids is 9. The number of amides is 9. The van der Waals surface area contributed by atoms with Crippen molar-refractivity contribution in [2.45, 2.75) is 160 Å². The standard InChI is InChI=1S/C44H72N10O17S/c1-8-22(6)35(42(68)47-24(44(70)71)11-12-31(56)57)53-39(65)26(17-30(46)55)49-37(63)25(16-20(2)3)48-38(64)27(18-32(58)59)50-41(67)34(21(4)5)52-40(66)29-10-9-14-54(29)43(69)28(19-33(60)61)51-36(62)23(45)13-15-72-7/h20-29,34-35H,8-19,45H2,1-7H3,(H2,46,55)(H,47,68)(H,48,64)(H,49,63)(H,50,67)(H,51,62)(H,52,66)(H,53,65)(H,56,57)(H,58,59)(H,60,61)(H,70,71)/t22-,23-,24-,25-,26-,27-,28-,29-,34-,35-/m0/s1. The number of nitrogens with two attached hydrogens (primary N) is 2. The molecule has 28 heteroatoms.